The number of carbonyl (C=O) groups is 1. The Morgan fingerprint density at radius 2 is 2.14 bits per heavy atom. The third-order valence-electron chi connectivity index (χ3n) is 5.88. The van der Waals surface area contributed by atoms with E-state index < -0.39 is 0 Å². The molecular weight excluding hydrogens is 272 g/mol. The summed E-state index contributed by atoms with van der Waals surface area (Å²) >= 11 is 0. The minimum absolute atomic E-state index is 0.200. The minimum Gasteiger partial charge on any atom is -0.356 e. The smallest absolute Gasteiger partial charge is 0.226 e. The van der Waals surface area contributed by atoms with E-state index in [9.17, 15) is 4.79 Å². The summed E-state index contributed by atoms with van der Waals surface area (Å²) in [5.74, 6) is 1.03. The Labute approximate surface area is 130 Å². The number of benzene rings is 1. The molecule has 1 aliphatic carbocycles. The number of aromatic nitrogens is 1. The largest absolute Gasteiger partial charge is 0.356 e. The molecule has 0 bridgehead atoms. The summed E-state index contributed by atoms with van der Waals surface area (Å²) < 4.78 is 0. The van der Waals surface area contributed by atoms with Crippen molar-refractivity contribution in [3.8, 4) is 0 Å². The average Bonchev–Trinajstić information content (AvgIpc) is 3.03. The van der Waals surface area contributed by atoms with Crippen LogP contribution in [0.1, 0.15) is 37.1 Å². The van der Waals surface area contributed by atoms with Gasteiger partial charge in [0.15, 0.2) is 0 Å². The van der Waals surface area contributed by atoms with Crippen molar-refractivity contribution in [1.29, 1.82) is 0 Å². The lowest BCUT2D eigenvalue weighted by Gasteiger charge is -2.33. The number of para-hydroxylation sites is 1. The molecule has 3 atom stereocenters. The number of nitrogens with zero attached hydrogens (tertiary/aromatic N) is 1. The van der Waals surface area contributed by atoms with E-state index in [0.717, 1.165) is 25.8 Å². The van der Waals surface area contributed by atoms with Gasteiger partial charge in [-0.3, -0.25) is 4.79 Å². The second-order valence-electron chi connectivity index (χ2n) is 7.05. The van der Waals surface area contributed by atoms with Crippen LogP contribution in [0.3, 0.4) is 0 Å². The first-order valence-electron chi connectivity index (χ1n) is 8.29. The topological polar surface area (TPSA) is 36.1 Å². The average molecular weight is 292 g/mol. The van der Waals surface area contributed by atoms with Crippen molar-refractivity contribution in [2.45, 2.75) is 32.2 Å². The first-order chi connectivity index (χ1) is 10.7. The summed E-state index contributed by atoms with van der Waals surface area (Å²) in [4.78, 5) is 18.6. The van der Waals surface area contributed by atoms with Gasteiger partial charge in [0.05, 0.1) is 6.04 Å². The SMILES string of the molecule is CC1=CC[C@@H]2C(=O)N3CCc4c([nH]c5ccccc45)[C@H]3[C@H]2C1. The molecule has 3 heteroatoms. The van der Waals surface area contributed by atoms with Crippen LogP contribution in [0.4, 0.5) is 0 Å². The van der Waals surface area contributed by atoms with Crippen molar-refractivity contribution in [3.05, 3.63) is 47.2 Å². The van der Waals surface area contributed by atoms with Crippen molar-refractivity contribution < 1.29 is 4.79 Å². The lowest BCUT2D eigenvalue weighted by Crippen LogP contribution is -2.35. The molecule has 1 fully saturated rings. The van der Waals surface area contributed by atoms with Crippen LogP contribution in [0.15, 0.2) is 35.9 Å². The van der Waals surface area contributed by atoms with Gasteiger partial charge >= 0.3 is 0 Å². The Kier molecular flexibility index (Phi) is 2.42. The minimum atomic E-state index is 0.200. The number of allylic oxidation sites excluding steroid dienone is 2. The van der Waals surface area contributed by atoms with E-state index in [2.05, 4.69) is 47.1 Å². The molecule has 1 aromatic heterocycles. The lowest BCUT2D eigenvalue weighted by atomic mass is 9.77. The standard InChI is InChI=1S/C19H20N2O/c1-11-6-7-14-15(10-11)18-17-13(8-9-21(18)19(14)22)12-4-2-3-5-16(12)20-17/h2-6,14-15,18,20H,7-10H2,1H3/t14-,15-,18+/m0/s1. The molecule has 0 unspecified atom stereocenters. The van der Waals surface area contributed by atoms with Gasteiger partial charge in [0.25, 0.3) is 0 Å². The molecule has 22 heavy (non-hydrogen) atoms. The zero-order chi connectivity index (χ0) is 14.8. The predicted octanol–water partition coefficient (Wildman–Crippen LogP) is 3.58. The molecule has 2 aliphatic heterocycles. The summed E-state index contributed by atoms with van der Waals surface area (Å²) in [5, 5.41) is 1.34. The first-order valence-corrected chi connectivity index (χ1v) is 8.29. The lowest BCUT2D eigenvalue weighted by molar-refractivity contribution is -0.132. The first kappa shape index (κ1) is 12.5. The molecule has 1 saturated heterocycles. The van der Waals surface area contributed by atoms with E-state index in [-0.39, 0.29) is 12.0 Å². The summed E-state index contributed by atoms with van der Waals surface area (Å²) in [6.45, 7) is 3.09. The highest BCUT2D eigenvalue weighted by Crippen LogP contribution is 2.51. The summed E-state index contributed by atoms with van der Waals surface area (Å²) in [6.07, 6.45) is 5.24. The highest BCUT2D eigenvalue weighted by Gasteiger charge is 2.51. The fraction of sp³-hybridized carbons (Fsp3) is 0.421. The number of hydrogen-bond acceptors (Lipinski definition) is 1. The Morgan fingerprint density at radius 1 is 1.27 bits per heavy atom. The highest BCUT2D eigenvalue weighted by atomic mass is 16.2. The summed E-state index contributed by atoms with van der Waals surface area (Å²) in [7, 11) is 0. The van der Waals surface area contributed by atoms with Gasteiger partial charge in [-0.15, -0.1) is 0 Å². The van der Waals surface area contributed by atoms with Crippen molar-refractivity contribution in [2.24, 2.45) is 11.8 Å². The van der Waals surface area contributed by atoms with Gasteiger partial charge in [-0.2, -0.15) is 0 Å². The Bertz CT molecular complexity index is 816. The van der Waals surface area contributed by atoms with Crippen molar-refractivity contribution in [1.82, 2.24) is 9.88 Å². The number of hydrogen-bond donors (Lipinski definition) is 1. The van der Waals surface area contributed by atoms with Crippen LogP contribution in [0.2, 0.25) is 0 Å². The van der Waals surface area contributed by atoms with Crippen LogP contribution in [0.25, 0.3) is 10.9 Å². The monoisotopic (exact) mass is 292 g/mol. The van der Waals surface area contributed by atoms with E-state index >= 15 is 0 Å². The third kappa shape index (κ3) is 1.49. The highest BCUT2D eigenvalue weighted by molar-refractivity contribution is 5.88. The molecule has 1 aromatic carbocycles. The number of H-pyrrole nitrogens is 1. The van der Waals surface area contributed by atoms with Crippen LogP contribution in [0.5, 0.6) is 0 Å². The maximum absolute atomic E-state index is 12.8. The van der Waals surface area contributed by atoms with Gasteiger partial charge in [0, 0.05) is 35.0 Å². The van der Waals surface area contributed by atoms with Crippen molar-refractivity contribution >= 4 is 16.8 Å². The molecule has 1 N–H and O–H groups in total. The molecule has 1 amide bonds. The normalized spacial score (nSPS) is 30.0. The van der Waals surface area contributed by atoms with E-state index in [1.54, 1.807) is 0 Å². The summed E-state index contributed by atoms with van der Waals surface area (Å²) in [6, 6.07) is 8.81. The Morgan fingerprint density at radius 3 is 3.05 bits per heavy atom. The molecule has 0 radical (unpaired) electrons. The van der Waals surface area contributed by atoms with Crippen LogP contribution >= 0.6 is 0 Å². The van der Waals surface area contributed by atoms with Crippen LogP contribution in [-0.2, 0) is 11.2 Å². The molecule has 112 valence electrons. The molecule has 0 spiro atoms. The maximum Gasteiger partial charge on any atom is 0.226 e. The van der Waals surface area contributed by atoms with E-state index in [0.29, 0.717) is 11.8 Å². The quantitative estimate of drug-likeness (QED) is 0.740. The van der Waals surface area contributed by atoms with E-state index in [1.807, 2.05) is 0 Å². The van der Waals surface area contributed by atoms with Crippen LogP contribution in [0, 0.1) is 11.8 Å². The fourth-order valence-corrected chi connectivity index (χ4v) is 4.89. The number of nitrogens with one attached hydrogen (secondary N) is 1. The van der Waals surface area contributed by atoms with Gasteiger partial charge in [0.1, 0.15) is 0 Å². The van der Waals surface area contributed by atoms with Crippen molar-refractivity contribution in [3.63, 3.8) is 0 Å². The van der Waals surface area contributed by atoms with Gasteiger partial charge in [0.2, 0.25) is 5.91 Å². The zero-order valence-corrected chi connectivity index (χ0v) is 12.8. The second kappa shape index (κ2) is 4.25. The van der Waals surface area contributed by atoms with Gasteiger partial charge in [-0.25, -0.2) is 0 Å². The number of aromatic amines is 1. The van der Waals surface area contributed by atoms with Crippen molar-refractivity contribution in [2.75, 3.05) is 6.54 Å². The number of carbonyl (C=O) groups excluding carboxylic acids is 1. The van der Waals surface area contributed by atoms with Gasteiger partial charge in [-0.05, 0) is 37.8 Å². The summed E-state index contributed by atoms with van der Waals surface area (Å²) in [5.41, 5.74) is 5.41. The van der Waals surface area contributed by atoms with Gasteiger partial charge < -0.3 is 9.88 Å². The number of amides is 1. The number of rotatable bonds is 0. The molecule has 0 saturated carbocycles. The van der Waals surface area contributed by atoms with E-state index in [1.165, 1.54) is 27.7 Å². The maximum atomic E-state index is 12.8. The molecule has 2 aromatic rings. The molecule has 3 aliphatic rings. The second-order valence-corrected chi connectivity index (χ2v) is 7.05. The van der Waals surface area contributed by atoms with E-state index in [4.69, 9.17) is 0 Å². The Balaban J connectivity index is 1.69. The molecule has 3 heterocycles. The van der Waals surface area contributed by atoms with Gasteiger partial charge in [-0.1, -0.05) is 29.8 Å². The molecular formula is C19H20N2O. The van der Waals surface area contributed by atoms with Crippen LogP contribution in [-0.4, -0.2) is 22.3 Å². The zero-order valence-electron chi connectivity index (χ0n) is 12.8. The predicted molar refractivity (Wildman–Crippen MR) is 86.4 cm³/mol. The number of fused-ring (bicyclic) bond motifs is 7. The molecule has 3 nitrogen and oxygen atoms in total. The molecule has 5 rings (SSSR count). The fourth-order valence-electron chi connectivity index (χ4n) is 4.89. The van der Waals surface area contributed by atoms with Crippen LogP contribution < -0.4 is 0 Å². The third-order valence-corrected chi connectivity index (χ3v) is 5.88. The Hall–Kier alpha value is -2.03.